The van der Waals surface area contributed by atoms with Crippen LogP contribution in [-0.2, 0) is 0 Å². The number of hydrogen-bond acceptors (Lipinski definition) is 5. The van der Waals surface area contributed by atoms with Gasteiger partial charge in [-0.3, -0.25) is 0 Å². The van der Waals surface area contributed by atoms with Gasteiger partial charge in [0, 0.05) is 26.7 Å². The van der Waals surface area contributed by atoms with Gasteiger partial charge in [-0.15, -0.1) is 5.10 Å². The van der Waals surface area contributed by atoms with Crippen LogP contribution in [0.3, 0.4) is 0 Å². The van der Waals surface area contributed by atoms with Gasteiger partial charge >= 0.3 is 0 Å². The molecule has 0 radical (unpaired) electrons. The molecule has 1 aromatic rings. The summed E-state index contributed by atoms with van der Waals surface area (Å²) < 4.78 is 0. The van der Waals surface area contributed by atoms with E-state index in [2.05, 4.69) is 39.0 Å². The molecule has 1 aliphatic rings. The van der Waals surface area contributed by atoms with Gasteiger partial charge in [0.1, 0.15) is 0 Å². The van der Waals surface area contributed by atoms with Crippen LogP contribution in [0.1, 0.15) is 39.0 Å². The molecule has 5 nitrogen and oxygen atoms in total. The standard InChI is InChI=1S/C13H23N5/c1-3-4-8-17(2)12-11-14-16-13(15-12)18-9-6-5-7-10-18/h11H,3-10H2,1-2H3. The number of unbranched alkanes of at least 4 members (excludes halogenated alkanes) is 1. The summed E-state index contributed by atoms with van der Waals surface area (Å²) in [6.07, 6.45) is 7.92. The first-order valence-corrected chi connectivity index (χ1v) is 6.97. The van der Waals surface area contributed by atoms with Crippen LogP contribution in [0.5, 0.6) is 0 Å². The van der Waals surface area contributed by atoms with Crippen molar-refractivity contribution >= 4 is 11.8 Å². The molecule has 0 atom stereocenters. The molecule has 5 heteroatoms. The van der Waals surface area contributed by atoms with E-state index < -0.39 is 0 Å². The summed E-state index contributed by atoms with van der Waals surface area (Å²) in [5, 5.41) is 8.26. The Labute approximate surface area is 109 Å². The van der Waals surface area contributed by atoms with Crippen molar-refractivity contribution in [3.8, 4) is 0 Å². The highest BCUT2D eigenvalue weighted by Gasteiger charge is 2.15. The first-order valence-electron chi connectivity index (χ1n) is 6.97. The van der Waals surface area contributed by atoms with E-state index in [1.54, 1.807) is 6.20 Å². The molecule has 0 bridgehead atoms. The third kappa shape index (κ3) is 3.31. The van der Waals surface area contributed by atoms with Gasteiger partial charge in [-0.05, 0) is 25.7 Å². The van der Waals surface area contributed by atoms with Crippen LogP contribution < -0.4 is 9.80 Å². The second-order valence-electron chi connectivity index (χ2n) is 4.94. The van der Waals surface area contributed by atoms with Gasteiger partial charge in [0.05, 0.1) is 6.20 Å². The van der Waals surface area contributed by atoms with Crippen LogP contribution in [0.2, 0.25) is 0 Å². The van der Waals surface area contributed by atoms with Gasteiger partial charge in [-0.1, -0.05) is 13.3 Å². The van der Waals surface area contributed by atoms with E-state index >= 15 is 0 Å². The minimum atomic E-state index is 0.788. The summed E-state index contributed by atoms with van der Waals surface area (Å²) in [4.78, 5) is 9.03. The largest absolute Gasteiger partial charge is 0.358 e. The molecule has 0 amide bonds. The van der Waals surface area contributed by atoms with Gasteiger partial charge < -0.3 is 9.80 Å². The van der Waals surface area contributed by atoms with Crippen LogP contribution >= 0.6 is 0 Å². The van der Waals surface area contributed by atoms with Crippen molar-refractivity contribution in [1.29, 1.82) is 0 Å². The van der Waals surface area contributed by atoms with E-state index in [0.29, 0.717) is 0 Å². The van der Waals surface area contributed by atoms with Gasteiger partial charge in [0.2, 0.25) is 5.95 Å². The second-order valence-corrected chi connectivity index (χ2v) is 4.94. The molecule has 0 N–H and O–H groups in total. The highest BCUT2D eigenvalue weighted by molar-refractivity contribution is 5.40. The number of nitrogens with zero attached hydrogens (tertiary/aromatic N) is 5. The van der Waals surface area contributed by atoms with Crippen molar-refractivity contribution in [1.82, 2.24) is 15.2 Å². The molecule has 2 rings (SSSR count). The van der Waals surface area contributed by atoms with E-state index in [9.17, 15) is 0 Å². The van der Waals surface area contributed by atoms with Crippen molar-refractivity contribution in [2.75, 3.05) is 36.5 Å². The van der Waals surface area contributed by atoms with Crippen LogP contribution in [0.25, 0.3) is 0 Å². The lowest BCUT2D eigenvalue weighted by Gasteiger charge is -2.27. The number of rotatable bonds is 5. The Bertz CT molecular complexity index is 362. The smallest absolute Gasteiger partial charge is 0.247 e. The third-order valence-electron chi connectivity index (χ3n) is 3.41. The lowest BCUT2D eigenvalue weighted by molar-refractivity contribution is 0.564. The van der Waals surface area contributed by atoms with E-state index in [4.69, 9.17) is 0 Å². The maximum Gasteiger partial charge on any atom is 0.247 e. The van der Waals surface area contributed by atoms with Gasteiger partial charge in [-0.2, -0.15) is 10.1 Å². The fourth-order valence-electron chi connectivity index (χ4n) is 2.21. The Balaban J connectivity index is 2.04. The summed E-state index contributed by atoms with van der Waals surface area (Å²) in [7, 11) is 2.07. The number of piperidine rings is 1. The van der Waals surface area contributed by atoms with Gasteiger partial charge in [0.15, 0.2) is 5.82 Å². The van der Waals surface area contributed by atoms with Crippen molar-refractivity contribution in [2.24, 2.45) is 0 Å². The van der Waals surface area contributed by atoms with Crippen molar-refractivity contribution in [3.63, 3.8) is 0 Å². The molecule has 0 saturated carbocycles. The van der Waals surface area contributed by atoms with E-state index in [1.807, 2.05) is 0 Å². The minimum Gasteiger partial charge on any atom is -0.358 e. The van der Waals surface area contributed by atoms with E-state index in [1.165, 1.54) is 32.1 Å². The maximum atomic E-state index is 4.63. The molecular weight excluding hydrogens is 226 g/mol. The van der Waals surface area contributed by atoms with E-state index in [0.717, 1.165) is 31.4 Å². The van der Waals surface area contributed by atoms with Crippen LogP contribution in [0, 0.1) is 0 Å². The Kier molecular flexibility index (Phi) is 4.73. The SMILES string of the molecule is CCCCN(C)c1cnnc(N2CCCCC2)n1. The topological polar surface area (TPSA) is 45.2 Å². The first kappa shape index (κ1) is 13.1. The predicted octanol–water partition coefficient (Wildman–Crippen LogP) is 2.10. The summed E-state index contributed by atoms with van der Waals surface area (Å²) in [6.45, 7) is 5.34. The molecule has 1 saturated heterocycles. The van der Waals surface area contributed by atoms with Crippen LogP contribution in [0.4, 0.5) is 11.8 Å². The summed E-state index contributed by atoms with van der Waals surface area (Å²) in [6, 6.07) is 0. The van der Waals surface area contributed by atoms with Crippen molar-refractivity contribution in [3.05, 3.63) is 6.20 Å². The Morgan fingerprint density at radius 3 is 2.78 bits per heavy atom. The van der Waals surface area contributed by atoms with Crippen LogP contribution in [0.15, 0.2) is 6.20 Å². The molecule has 0 spiro atoms. The van der Waals surface area contributed by atoms with Crippen molar-refractivity contribution in [2.45, 2.75) is 39.0 Å². The molecule has 1 aliphatic heterocycles. The highest BCUT2D eigenvalue weighted by Crippen LogP contribution is 2.17. The molecule has 0 aromatic carbocycles. The predicted molar refractivity (Wildman–Crippen MR) is 74.1 cm³/mol. The average molecular weight is 249 g/mol. The van der Waals surface area contributed by atoms with E-state index in [-0.39, 0.29) is 0 Å². The fourth-order valence-corrected chi connectivity index (χ4v) is 2.21. The maximum absolute atomic E-state index is 4.63. The molecule has 0 aliphatic carbocycles. The normalized spacial score (nSPS) is 15.8. The zero-order valence-corrected chi connectivity index (χ0v) is 11.5. The molecular formula is C13H23N5. The number of hydrogen-bond donors (Lipinski definition) is 0. The monoisotopic (exact) mass is 249 g/mol. The Morgan fingerprint density at radius 1 is 1.28 bits per heavy atom. The molecule has 0 unspecified atom stereocenters. The highest BCUT2D eigenvalue weighted by atomic mass is 15.3. The fraction of sp³-hybridized carbons (Fsp3) is 0.769. The minimum absolute atomic E-state index is 0.788. The lowest BCUT2D eigenvalue weighted by atomic mass is 10.1. The molecule has 100 valence electrons. The van der Waals surface area contributed by atoms with Gasteiger partial charge in [0.25, 0.3) is 0 Å². The van der Waals surface area contributed by atoms with Crippen LogP contribution in [-0.4, -0.2) is 41.9 Å². The number of anilines is 2. The Hall–Kier alpha value is -1.39. The first-order chi connectivity index (χ1) is 8.81. The summed E-state index contributed by atoms with van der Waals surface area (Å²) in [5.41, 5.74) is 0. The quantitative estimate of drug-likeness (QED) is 0.799. The number of aromatic nitrogens is 3. The molecule has 1 fully saturated rings. The average Bonchev–Trinajstić information content (AvgIpc) is 2.46. The lowest BCUT2D eigenvalue weighted by Crippen LogP contribution is -2.32. The van der Waals surface area contributed by atoms with Gasteiger partial charge in [-0.25, -0.2) is 0 Å². The molecule has 1 aromatic heterocycles. The van der Waals surface area contributed by atoms with Crippen molar-refractivity contribution < 1.29 is 0 Å². The third-order valence-corrected chi connectivity index (χ3v) is 3.41. The zero-order valence-electron chi connectivity index (χ0n) is 11.5. The zero-order chi connectivity index (χ0) is 12.8. The Morgan fingerprint density at radius 2 is 2.06 bits per heavy atom. The summed E-state index contributed by atoms with van der Waals surface area (Å²) >= 11 is 0. The summed E-state index contributed by atoms with van der Waals surface area (Å²) in [5.74, 6) is 1.72. The second kappa shape index (κ2) is 6.52. The molecule has 18 heavy (non-hydrogen) atoms. The molecule has 2 heterocycles.